The van der Waals surface area contributed by atoms with Gasteiger partial charge in [0.15, 0.2) is 0 Å². The number of carbonyl (C=O) groups is 1. The lowest BCUT2D eigenvalue weighted by Gasteiger charge is -2.11. The summed E-state index contributed by atoms with van der Waals surface area (Å²) in [6, 6.07) is 16.7. The van der Waals surface area contributed by atoms with Crippen LogP contribution in [0.3, 0.4) is 0 Å². The van der Waals surface area contributed by atoms with Gasteiger partial charge in [-0.2, -0.15) is 0 Å². The number of hydrogen-bond acceptors (Lipinski definition) is 4. The van der Waals surface area contributed by atoms with Gasteiger partial charge >= 0.3 is 5.97 Å². The van der Waals surface area contributed by atoms with Crippen LogP contribution in [-0.4, -0.2) is 14.4 Å². The van der Waals surface area contributed by atoms with Gasteiger partial charge in [-0.25, -0.2) is 22.3 Å². The highest BCUT2D eigenvalue weighted by Gasteiger charge is 2.21. The van der Waals surface area contributed by atoms with Crippen molar-refractivity contribution in [3.05, 3.63) is 99.3 Å². The molecule has 0 unspecified atom stereocenters. The first kappa shape index (κ1) is 22.2. The maximum Gasteiger partial charge on any atom is 0.338 e. The first-order valence-corrected chi connectivity index (χ1v) is 10.9. The zero-order chi connectivity index (χ0) is 21.7. The van der Waals surface area contributed by atoms with E-state index in [2.05, 4.69) is 4.72 Å². The molecule has 0 radical (unpaired) electrons. The molecule has 0 saturated carbocycles. The molecule has 1 N–H and O–H groups in total. The van der Waals surface area contributed by atoms with Crippen molar-refractivity contribution >= 4 is 39.2 Å². The number of sulfonamides is 1. The Morgan fingerprint density at radius 3 is 2.40 bits per heavy atom. The van der Waals surface area contributed by atoms with E-state index in [1.165, 1.54) is 30.3 Å². The molecule has 0 spiro atoms. The number of hydrogen-bond donors (Lipinski definition) is 1. The summed E-state index contributed by atoms with van der Waals surface area (Å²) in [6.45, 7) is -0.346. The topological polar surface area (TPSA) is 72.5 Å². The zero-order valence-corrected chi connectivity index (χ0v) is 17.8. The minimum Gasteiger partial charge on any atom is -0.457 e. The highest BCUT2D eigenvalue weighted by molar-refractivity contribution is 7.89. The Bertz CT molecular complexity index is 1150. The van der Waals surface area contributed by atoms with Crippen LogP contribution in [0.5, 0.6) is 0 Å². The molecule has 0 aliphatic rings. The standard InChI is InChI=1S/C21H16Cl2FNO4S/c22-17-7-4-8-19(24)16(17)13-29-21(26)15-9-10-18(23)20(11-15)30(27,28)25-12-14-5-2-1-3-6-14/h1-11,25H,12-13H2. The zero-order valence-electron chi connectivity index (χ0n) is 15.4. The van der Waals surface area contributed by atoms with Crippen molar-refractivity contribution in [2.75, 3.05) is 0 Å². The van der Waals surface area contributed by atoms with Crippen molar-refractivity contribution in [2.24, 2.45) is 0 Å². The van der Waals surface area contributed by atoms with Gasteiger partial charge in [-0.05, 0) is 35.9 Å². The van der Waals surface area contributed by atoms with Crippen molar-refractivity contribution in [1.82, 2.24) is 4.72 Å². The normalized spacial score (nSPS) is 11.3. The van der Waals surface area contributed by atoms with Crippen molar-refractivity contribution in [1.29, 1.82) is 0 Å². The molecule has 0 aliphatic carbocycles. The van der Waals surface area contributed by atoms with Crippen LogP contribution in [0.2, 0.25) is 10.0 Å². The molecule has 0 heterocycles. The van der Waals surface area contributed by atoms with Crippen molar-refractivity contribution < 1.29 is 22.3 Å². The first-order chi connectivity index (χ1) is 14.3. The van der Waals surface area contributed by atoms with Gasteiger partial charge < -0.3 is 4.74 Å². The molecule has 0 atom stereocenters. The highest BCUT2D eigenvalue weighted by atomic mass is 35.5. The Balaban J connectivity index is 1.76. The van der Waals surface area contributed by atoms with Gasteiger partial charge in [-0.1, -0.05) is 59.6 Å². The fourth-order valence-electron chi connectivity index (χ4n) is 2.58. The van der Waals surface area contributed by atoms with Crippen LogP contribution in [0.4, 0.5) is 4.39 Å². The largest absolute Gasteiger partial charge is 0.457 e. The molecular weight excluding hydrogens is 452 g/mol. The molecule has 3 aromatic carbocycles. The summed E-state index contributed by atoms with van der Waals surface area (Å²) in [5.41, 5.74) is 0.736. The van der Waals surface area contributed by atoms with Gasteiger partial charge in [0.25, 0.3) is 0 Å². The molecule has 3 rings (SSSR count). The summed E-state index contributed by atoms with van der Waals surface area (Å²) >= 11 is 12.0. The van der Waals surface area contributed by atoms with Gasteiger partial charge in [-0.3, -0.25) is 0 Å². The predicted molar refractivity (Wildman–Crippen MR) is 112 cm³/mol. The quantitative estimate of drug-likeness (QED) is 0.497. The van der Waals surface area contributed by atoms with Gasteiger partial charge in [0.2, 0.25) is 10.0 Å². The number of halogens is 3. The average Bonchev–Trinajstić information content (AvgIpc) is 2.73. The van der Waals surface area contributed by atoms with Gasteiger partial charge in [0, 0.05) is 12.1 Å². The second kappa shape index (κ2) is 9.57. The fourth-order valence-corrected chi connectivity index (χ4v) is 4.34. The third kappa shape index (κ3) is 5.37. The summed E-state index contributed by atoms with van der Waals surface area (Å²) in [5, 5.41) is 0.0662. The van der Waals surface area contributed by atoms with Gasteiger partial charge in [0.05, 0.1) is 15.6 Å². The number of nitrogens with one attached hydrogen (secondary N) is 1. The molecule has 0 amide bonds. The van der Waals surface area contributed by atoms with Crippen LogP contribution in [0.1, 0.15) is 21.5 Å². The van der Waals surface area contributed by atoms with Crippen LogP contribution in [0.25, 0.3) is 0 Å². The van der Waals surface area contributed by atoms with E-state index < -0.39 is 28.4 Å². The van der Waals surface area contributed by atoms with E-state index in [9.17, 15) is 17.6 Å². The second-order valence-corrected chi connectivity index (χ2v) is 8.78. The number of carbonyl (C=O) groups excluding carboxylic acids is 1. The summed E-state index contributed by atoms with van der Waals surface area (Å²) in [7, 11) is -4.00. The van der Waals surface area contributed by atoms with Gasteiger partial charge in [0.1, 0.15) is 17.3 Å². The van der Waals surface area contributed by atoms with Gasteiger partial charge in [-0.15, -0.1) is 0 Å². The fraction of sp³-hybridized carbons (Fsp3) is 0.0952. The summed E-state index contributed by atoms with van der Waals surface area (Å²) in [4.78, 5) is 12.1. The molecule has 9 heteroatoms. The van der Waals surface area contributed by atoms with Crippen LogP contribution >= 0.6 is 23.2 Å². The Labute approximate surface area is 183 Å². The summed E-state index contributed by atoms with van der Waals surface area (Å²) < 4.78 is 46.7. The molecular formula is C21H16Cl2FNO4S. The van der Waals surface area contributed by atoms with Crippen molar-refractivity contribution in [2.45, 2.75) is 18.0 Å². The number of esters is 1. The van der Waals surface area contributed by atoms with Crippen molar-refractivity contribution in [3.63, 3.8) is 0 Å². The molecule has 5 nitrogen and oxygen atoms in total. The molecule has 0 saturated heterocycles. The van der Waals surface area contributed by atoms with Crippen LogP contribution in [0.15, 0.2) is 71.6 Å². The van der Waals surface area contributed by atoms with E-state index in [-0.39, 0.29) is 32.6 Å². The smallest absolute Gasteiger partial charge is 0.338 e. The third-order valence-corrected chi connectivity index (χ3v) is 6.41. The minimum absolute atomic E-state index is 0.0267. The van der Waals surface area contributed by atoms with E-state index in [1.54, 1.807) is 24.3 Å². The SMILES string of the molecule is O=C(OCc1c(F)cccc1Cl)c1ccc(Cl)c(S(=O)(=O)NCc2ccccc2)c1. The third-order valence-electron chi connectivity index (χ3n) is 4.17. The molecule has 30 heavy (non-hydrogen) atoms. The lowest BCUT2D eigenvalue weighted by Crippen LogP contribution is -2.24. The lowest BCUT2D eigenvalue weighted by molar-refractivity contribution is 0.0469. The predicted octanol–water partition coefficient (Wildman–Crippen LogP) is 4.97. The molecule has 0 aliphatic heterocycles. The highest BCUT2D eigenvalue weighted by Crippen LogP contribution is 2.24. The van der Waals surface area contributed by atoms with E-state index >= 15 is 0 Å². The Hall–Kier alpha value is -2.45. The van der Waals surface area contributed by atoms with E-state index in [4.69, 9.17) is 27.9 Å². The number of ether oxygens (including phenoxy) is 1. The number of benzene rings is 3. The molecule has 0 fully saturated rings. The molecule has 156 valence electrons. The Morgan fingerprint density at radius 1 is 0.967 bits per heavy atom. The van der Waals surface area contributed by atoms with E-state index in [0.29, 0.717) is 0 Å². The van der Waals surface area contributed by atoms with Crippen LogP contribution < -0.4 is 4.72 Å². The molecule has 0 bridgehead atoms. The van der Waals surface area contributed by atoms with Crippen molar-refractivity contribution in [3.8, 4) is 0 Å². The van der Waals surface area contributed by atoms with Crippen LogP contribution in [0, 0.1) is 5.82 Å². The van der Waals surface area contributed by atoms with Crippen LogP contribution in [-0.2, 0) is 27.9 Å². The summed E-state index contributed by atoms with van der Waals surface area (Å²) in [5.74, 6) is -1.45. The maximum absolute atomic E-state index is 13.8. The maximum atomic E-state index is 13.8. The number of rotatable bonds is 7. The average molecular weight is 468 g/mol. The first-order valence-electron chi connectivity index (χ1n) is 8.71. The molecule has 3 aromatic rings. The Kier molecular flexibility index (Phi) is 7.10. The second-order valence-electron chi connectivity index (χ2n) is 6.23. The minimum atomic E-state index is -4.00. The Morgan fingerprint density at radius 2 is 1.70 bits per heavy atom. The van der Waals surface area contributed by atoms with E-state index in [0.717, 1.165) is 11.6 Å². The monoisotopic (exact) mass is 467 g/mol. The van der Waals surface area contributed by atoms with E-state index in [1.807, 2.05) is 6.07 Å². The molecule has 0 aromatic heterocycles. The lowest BCUT2D eigenvalue weighted by atomic mass is 10.2. The summed E-state index contributed by atoms with van der Waals surface area (Å²) in [6.07, 6.45) is 0.